The molecule has 0 radical (unpaired) electrons. The van der Waals surface area contributed by atoms with E-state index in [2.05, 4.69) is 56.9 Å². The number of rotatable bonds is 6. The second-order valence-corrected chi connectivity index (χ2v) is 12.1. The van der Waals surface area contributed by atoms with Crippen molar-refractivity contribution >= 4 is 34.2 Å². The number of hydrogen-bond donors (Lipinski definition) is 0. The fraction of sp³-hybridized carbons (Fsp3) is 0.500. The molecule has 0 aromatic heterocycles. The van der Waals surface area contributed by atoms with E-state index in [9.17, 15) is 9.59 Å². The first-order valence-electron chi connectivity index (χ1n) is 11.9. The lowest BCUT2D eigenvalue weighted by Gasteiger charge is -2.42. The predicted molar refractivity (Wildman–Crippen MR) is 140 cm³/mol. The quantitative estimate of drug-likeness (QED) is 0.280. The molecule has 4 rings (SSSR count). The highest BCUT2D eigenvalue weighted by molar-refractivity contribution is 14.1. The molecular weight excluding hydrogens is 543 g/mol. The average molecular weight is 576 g/mol. The van der Waals surface area contributed by atoms with Crippen LogP contribution in [0.5, 0.6) is 11.5 Å². The molecule has 1 aliphatic heterocycles. The molecule has 0 atom stereocenters. The molecule has 0 amide bonds. The second-order valence-electron chi connectivity index (χ2n) is 11.0. The summed E-state index contributed by atoms with van der Waals surface area (Å²) in [5, 5.41) is 0. The molecule has 0 N–H and O–H groups in total. The molecule has 3 aliphatic rings. The monoisotopic (exact) mass is 576 g/mol. The van der Waals surface area contributed by atoms with Crippen molar-refractivity contribution in [2.45, 2.75) is 66.2 Å². The Labute approximate surface area is 215 Å². The summed E-state index contributed by atoms with van der Waals surface area (Å²) >= 11 is 2.23. The topological polar surface area (TPSA) is 61.8 Å². The first kappa shape index (κ1) is 25.0. The van der Waals surface area contributed by atoms with Gasteiger partial charge in [0.05, 0.1) is 10.2 Å². The van der Waals surface area contributed by atoms with Gasteiger partial charge >= 0.3 is 0 Å². The number of carbonyl (C=O) groups is 2. The number of Topliss-reactive ketones (excluding diaryl/α,β-unsaturated/α-hetero) is 2. The lowest BCUT2D eigenvalue weighted by atomic mass is 9.65. The van der Waals surface area contributed by atoms with Gasteiger partial charge in [0.25, 0.3) is 0 Å². The van der Waals surface area contributed by atoms with E-state index in [0.29, 0.717) is 61.5 Å². The van der Waals surface area contributed by atoms with Crippen LogP contribution in [0.4, 0.5) is 0 Å². The van der Waals surface area contributed by atoms with Gasteiger partial charge in [-0.1, -0.05) is 40.3 Å². The molecule has 0 saturated heterocycles. The van der Waals surface area contributed by atoms with E-state index in [1.807, 2.05) is 19.1 Å². The Balaban J connectivity index is 1.92. The summed E-state index contributed by atoms with van der Waals surface area (Å²) in [5.74, 6) is 2.35. The van der Waals surface area contributed by atoms with Crippen LogP contribution >= 0.6 is 22.6 Å². The number of benzene rings is 1. The van der Waals surface area contributed by atoms with Gasteiger partial charge in [-0.2, -0.15) is 0 Å². The first-order valence-corrected chi connectivity index (χ1v) is 12.9. The van der Waals surface area contributed by atoms with Crippen molar-refractivity contribution in [1.29, 1.82) is 0 Å². The Morgan fingerprint density at radius 1 is 1.00 bits per heavy atom. The van der Waals surface area contributed by atoms with Crippen LogP contribution in [0.15, 0.2) is 47.5 Å². The molecule has 0 spiro atoms. The van der Waals surface area contributed by atoms with E-state index >= 15 is 0 Å². The Morgan fingerprint density at radius 2 is 1.56 bits per heavy atom. The van der Waals surface area contributed by atoms with Crippen molar-refractivity contribution in [1.82, 2.24) is 0 Å². The molecule has 2 aliphatic carbocycles. The molecule has 0 unspecified atom stereocenters. The molecule has 34 heavy (non-hydrogen) atoms. The van der Waals surface area contributed by atoms with Gasteiger partial charge in [0.2, 0.25) is 0 Å². The van der Waals surface area contributed by atoms with Gasteiger partial charge in [-0.15, -0.1) is 0 Å². The Kier molecular flexibility index (Phi) is 6.75. The Hall–Kier alpha value is -2.09. The maximum absolute atomic E-state index is 13.5. The summed E-state index contributed by atoms with van der Waals surface area (Å²) in [4.78, 5) is 27.0. The van der Waals surface area contributed by atoms with Crippen LogP contribution in [-0.2, 0) is 14.3 Å². The minimum Gasteiger partial charge on any atom is -0.490 e. The molecule has 0 bridgehead atoms. The third kappa shape index (κ3) is 4.70. The molecule has 182 valence electrons. The minimum atomic E-state index is -0.452. The second kappa shape index (κ2) is 9.17. The van der Waals surface area contributed by atoms with Crippen molar-refractivity contribution < 1.29 is 23.8 Å². The highest BCUT2D eigenvalue weighted by atomic mass is 127. The maximum atomic E-state index is 13.5. The standard InChI is InChI=1S/C28H33IO5/c1-7-9-33-26-17(29)10-16(11-20(26)32-8-2)23-24-18(30)12-27(3,4)14-21(24)34-22-15-28(5,6)13-19(31)25(22)23/h7,10-11,23H,1,8-9,12-15H2,2-6H3. The van der Waals surface area contributed by atoms with Gasteiger partial charge < -0.3 is 14.2 Å². The number of ether oxygens (including phenoxy) is 3. The van der Waals surface area contributed by atoms with Crippen LogP contribution < -0.4 is 9.47 Å². The van der Waals surface area contributed by atoms with Gasteiger partial charge in [0.15, 0.2) is 23.1 Å². The van der Waals surface area contributed by atoms with E-state index in [0.717, 1.165) is 20.7 Å². The highest BCUT2D eigenvalue weighted by Gasteiger charge is 2.48. The van der Waals surface area contributed by atoms with Crippen molar-refractivity contribution in [3.63, 3.8) is 0 Å². The van der Waals surface area contributed by atoms with Crippen molar-refractivity contribution in [3.8, 4) is 11.5 Å². The highest BCUT2D eigenvalue weighted by Crippen LogP contribution is 2.54. The first-order chi connectivity index (χ1) is 16.0. The largest absolute Gasteiger partial charge is 0.490 e. The number of ketones is 2. The maximum Gasteiger partial charge on any atom is 0.174 e. The fourth-order valence-electron chi connectivity index (χ4n) is 5.31. The third-order valence-corrected chi connectivity index (χ3v) is 7.39. The van der Waals surface area contributed by atoms with Crippen molar-refractivity contribution in [2.24, 2.45) is 10.8 Å². The zero-order valence-corrected chi connectivity index (χ0v) is 22.8. The number of hydrogen-bond acceptors (Lipinski definition) is 5. The van der Waals surface area contributed by atoms with E-state index in [-0.39, 0.29) is 22.4 Å². The molecular formula is C28H33IO5. The van der Waals surface area contributed by atoms with Crippen LogP contribution in [0.2, 0.25) is 0 Å². The zero-order chi connectivity index (χ0) is 24.8. The van der Waals surface area contributed by atoms with Crippen LogP contribution in [0.3, 0.4) is 0 Å². The average Bonchev–Trinajstić information content (AvgIpc) is 2.70. The molecule has 1 aromatic rings. The number of halogens is 1. The lowest BCUT2D eigenvalue weighted by molar-refractivity contribution is -0.120. The van der Waals surface area contributed by atoms with Gasteiger partial charge in [-0.25, -0.2) is 0 Å². The lowest BCUT2D eigenvalue weighted by Crippen LogP contribution is -2.37. The smallest absolute Gasteiger partial charge is 0.174 e. The van der Waals surface area contributed by atoms with E-state index < -0.39 is 5.92 Å². The predicted octanol–water partition coefficient (Wildman–Crippen LogP) is 6.65. The van der Waals surface area contributed by atoms with E-state index in [1.54, 1.807) is 6.08 Å². The molecule has 1 aromatic carbocycles. The molecule has 1 heterocycles. The summed E-state index contributed by atoms with van der Waals surface area (Å²) in [6.45, 7) is 14.9. The minimum absolute atomic E-state index is 0.0559. The van der Waals surface area contributed by atoms with Gasteiger partial charge in [-0.3, -0.25) is 9.59 Å². The summed E-state index contributed by atoms with van der Waals surface area (Å²) in [6, 6.07) is 3.93. The summed E-state index contributed by atoms with van der Waals surface area (Å²) in [7, 11) is 0. The summed E-state index contributed by atoms with van der Waals surface area (Å²) in [5.41, 5.74) is 1.76. The molecule has 5 nitrogen and oxygen atoms in total. The Bertz CT molecular complexity index is 1070. The fourth-order valence-corrected chi connectivity index (χ4v) is 6.09. The SMILES string of the molecule is C=CCOc1c(I)cc(C2C3=C(CC(C)(C)CC3=O)OC3=C2C(=O)CC(C)(C)C3)cc1OCC. The number of carbonyl (C=O) groups excluding carboxylic acids is 2. The van der Waals surface area contributed by atoms with Gasteiger partial charge in [-0.05, 0) is 58.0 Å². The van der Waals surface area contributed by atoms with Crippen LogP contribution in [0.25, 0.3) is 0 Å². The van der Waals surface area contributed by atoms with Crippen molar-refractivity contribution in [3.05, 3.63) is 56.6 Å². The van der Waals surface area contributed by atoms with Gasteiger partial charge in [0.1, 0.15) is 18.1 Å². The third-order valence-electron chi connectivity index (χ3n) is 6.59. The summed E-state index contributed by atoms with van der Waals surface area (Å²) in [6.07, 6.45) is 3.91. The normalized spacial score (nSPS) is 21.6. The number of allylic oxidation sites excluding steroid dienone is 4. The Morgan fingerprint density at radius 3 is 2.06 bits per heavy atom. The van der Waals surface area contributed by atoms with Crippen LogP contribution in [0.1, 0.15) is 71.8 Å². The van der Waals surface area contributed by atoms with E-state index in [4.69, 9.17) is 14.2 Å². The molecule has 0 saturated carbocycles. The molecule has 0 fully saturated rings. The zero-order valence-electron chi connectivity index (χ0n) is 20.7. The van der Waals surface area contributed by atoms with Crippen LogP contribution in [-0.4, -0.2) is 24.8 Å². The van der Waals surface area contributed by atoms with Crippen LogP contribution in [0, 0.1) is 14.4 Å². The van der Waals surface area contributed by atoms with E-state index in [1.165, 1.54) is 0 Å². The summed E-state index contributed by atoms with van der Waals surface area (Å²) < 4.78 is 19.1. The molecule has 6 heteroatoms. The van der Waals surface area contributed by atoms with Crippen molar-refractivity contribution in [2.75, 3.05) is 13.2 Å². The van der Waals surface area contributed by atoms with Gasteiger partial charge in [0, 0.05) is 42.7 Å².